The van der Waals surface area contributed by atoms with Gasteiger partial charge in [-0.3, -0.25) is 0 Å². The van der Waals surface area contributed by atoms with E-state index in [1.807, 2.05) is 0 Å². The first-order valence-corrected chi connectivity index (χ1v) is 10.1. The van der Waals surface area contributed by atoms with Crippen molar-refractivity contribution in [3.05, 3.63) is 6.92 Å². The molecule has 0 N–H and O–H groups in total. The zero-order chi connectivity index (χ0) is 15.6. The van der Waals surface area contributed by atoms with Gasteiger partial charge in [-0.1, -0.05) is 130 Å². The Hall–Kier alpha value is 0. The van der Waals surface area contributed by atoms with Crippen molar-refractivity contribution >= 4 is 0 Å². The first kappa shape index (κ1) is 21.0. The molecule has 21 heavy (non-hydrogen) atoms. The van der Waals surface area contributed by atoms with E-state index in [-0.39, 0.29) is 0 Å². The van der Waals surface area contributed by atoms with Crippen molar-refractivity contribution in [3.63, 3.8) is 0 Å². The van der Waals surface area contributed by atoms with Crippen molar-refractivity contribution in [3.8, 4) is 0 Å². The summed E-state index contributed by atoms with van der Waals surface area (Å²) in [5, 5.41) is 0. The quantitative estimate of drug-likeness (QED) is 0.238. The van der Waals surface area contributed by atoms with Gasteiger partial charge in [-0.2, -0.15) is 0 Å². The molecule has 0 bridgehead atoms. The van der Waals surface area contributed by atoms with Crippen molar-refractivity contribution in [1.82, 2.24) is 0 Å². The van der Waals surface area contributed by atoms with Gasteiger partial charge in [0.25, 0.3) is 0 Å². The zero-order valence-electron chi connectivity index (χ0n) is 15.3. The van der Waals surface area contributed by atoms with Gasteiger partial charge in [-0.15, -0.1) is 0 Å². The van der Waals surface area contributed by atoms with Crippen LogP contribution in [0.3, 0.4) is 0 Å². The highest BCUT2D eigenvalue weighted by Crippen LogP contribution is 2.14. The minimum atomic E-state index is 0.650. The van der Waals surface area contributed by atoms with Crippen molar-refractivity contribution in [2.75, 3.05) is 0 Å². The van der Waals surface area contributed by atoms with Crippen LogP contribution in [0.15, 0.2) is 0 Å². The highest BCUT2D eigenvalue weighted by molar-refractivity contribution is 4.55. The van der Waals surface area contributed by atoms with E-state index in [0.29, 0.717) is 5.92 Å². The fourth-order valence-electron chi connectivity index (χ4n) is 3.04. The van der Waals surface area contributed by atoms with Gasteiger partial charge in [0.05, 0.1) is 0 Å². The SMILES string of the molecule is [CH2]C(C)CCCCCCCCCCCCCCCCCC. The lowest BCUT2D eigenvalue weighted by atomic mass is 10.0. The highest BCUT2D eigenvalue weighted by atomic mass is 14.0. The van der Waals surface area contributed by atoms with Gasteiger partial charge in [0.15, 0.2) is 0 Å². The van der Waals surface area contributed by atoms with Gasteiger partial charge in [0.1, 0.15) is 0 Å². The van der Waals surface area contributed by atoms with E-state index in [0.717, 1.165) is 0 Å². The Morgan fingerprint density at radius 3 is 1.10 bits per heavy atom. The lowest BCUT2D eigenvalue weighted by Gasteiger charge is -2.05. The highest BCUT2D eigenvalue weighted by Gasteiger charge is 1.96. The summed E-state index contributed by atoms with van der Waals surface area (Å²) in [6.07, 6.45) is 24.6. The Kier molecular flexibility index (Phi) is 18.1. The fraction of sp³-hybridized carbons (Fsp3) is 0.952. The summed E-state index contributed by atoms with van der Waals surface area (Å²) in [5.74, 6) is 0.650. The molecule has 0 spiro atoms. The molecule has 1 radical (unpaired) electrons. The van der Waals surface area contributed by atoms with Crippen LogP contribution in [0, 0.1) is 12.8 Å². The molecule has 0 saturated heterocycles. The Morgan fingerprint density at radius 1 is 0.524 bits per heavy atom. The molecule has 1 atom stereocenters. The van der Waals surface area contributed by atoms with E-state index in [4.69, 9.17) is 0 Å². The van der Waals surface area contributed by atoms with Crippen LogP contribution in [0.2, 0.25) is 0 Å². The van der Waals surface area contributed by atoms with Crippen molar-refractivity contribution in [2.45, 2.75) is 123 Å². The molecule has 0 aromatic heterocycles. The molecule has 0 saturated carbocycles. The van der Waals surface area contributed by atoms with E-state index in [9.17, 15) is 0 Å². The molecular weight excluding hydrogens is 252 g/mol. The van der Waals surface area contributed by atoms with Crippen LogP contribution in [0.25, 0.3) is 0 Å². The summed E-state index contributed by atoms with van der Waals surface area (Å²) in [6, 6.07) is 0. The second-order valence-corrected chi connectivity index (χ2v) is 7.20. The summed E-state index contributed by atoms with van der Waals surface area (Å²) in [5.41, 5.74) is 0. The average molecular weight is 296 g/mol. The van der Waals surface area contributed by atoms with Crippen LogP contribution in [-0.2, 0) is 0 Å². The first-order chi connectivity index (χ1) is 10.3. The summed E-state index contributed by atoms with van der Waals surface area (Å²) < 4.78 is 0. The normalized spacial score (nSPS) is 11.4. The number of unbranched alkanes of at least 4 members (excludes halogenated alkanes) is 15. The molecule has 0 fully saturated rings. The predicted octanol–water partition coefficient (Wildman–Crippen LogP) is 8.11. The zero-order valence-corrected chi connectivity index (χ0v) is 15.3. The van der Waals surface area contributed by atoms with Gasteiger partial charge in [0.2, 0.25) is 0 Å². The van der Waals surface area contributed by atoms with Crippen molar-refractivity contribution in [1.29, 1.82) is 0 Å². The van der Waals surface area contributed by atoms with E-state index >= 15 is 0 Å². The number of hydrogen-bond donors (Lipinski definition) is 0. The summed E-state index contributed by atoms with van der Waals surface area (Å²) in [6.45, 7) is 8.57. The first-order valence-electron chi connectivity index (χ1n) is 10.1. The molecule has 0 aliphatic carbocycles. The van der Waals surface area contributed by atoms with Gasteiger partial charge >= 0.3 is 0 Å². The molecule has 0 aliphatic heterocycles. The maximum Gasteiger partial charge on any atom is -0.0443 e. The largest absolute Gasteiger partial charge is 0.0654 e. The maximum atomic E-state index is 4.05. The molecule has 127 valence electrons. The van der Waals surface area contributed by atoms with Gasteiger partial charge in [-0.05, 0) is 5.92 Å². The van der Waals surface area contributed by atoms with Crippen LogP contribution in [-0.4, -0.2) is 0 Å². The molecular formula is C21H43. The van der Waals surface area contributed by atoms with Crippen LogP contribution in [0.4, 0.5) is 0 Å². The smallest absolute Gasteiger partial charge is 0.0443 e. The monoisotopic (exact) mass is 295 g/mol. The van der Waals surface area contributed by atoms with Crippen LogP contribution >= 0.6 is 0 Å². The Morgan fingerprint density at radius 2 is 0.810 bits per heavy atom. The Labute approximate surface area is 136 Å². The molecule has 0 aliphatic rings. The summed E-state index contributed by atoms with van der Waals surface area (Å²) in [4.78, 5) is 0. The second-order valence-electron chi connectivity index (χ2n) is 7.20. The summed E-state index contributed by atoms with van der Waals surface area (Å²) in [7, 11) is 0. The molecule has 0 heterocycles. The molecule has 0 amide bonds. The molecule has 0 heteroatoms. The topological polar surface area (TPSA) is 0 Å². The maximum absolute atomic E-state index is 4.05. The minimum Gasteiger partial charge on any atom is -0.0654 e. The third kappa shape index (κ3) is 20.0. The molecule has 0 aromatic rings. The second kappa shape index (κ2) is 18.1. The van der Waals surface area contributed by atoms with Crippen molar-refractivity contribution in [2.24, 2.45) is 5.92 Å². The third-order valence-electron chi connectivity index (χ3n) is 4.55. The van der Waals surface area contributed by atoms with Gasteiger partial charge < -0.3 is 0 Å². The van der Waals surface area contributed by atoms with Crippen LogP contribution in [0.1, 0.15) is 123 Å². The lowest BCUT2D eigenvalue weighted by Crippen LogP contribution is -1.87. The van der Waals surface area contributed by atoms with E-state index < -0.39 is 0 Å². The molecule has 0 aromatic carbocycles. The molecule has 0 rings (SSSR count). The fourth-order valence-corrected chi connectivity index (χ4v) is 3.04. The van der Waals surface area contributed by atoms with Gasteiger partial charge in [0, 0.05) is 0 Å². The van der Waals surface area contributed by atoms with Crippen molar-refractivity contribution < 1.29 is 0 Å². The Bertz CT molecular complexity index is 171. The van der Waals surface area contributed by atoms with Crippen LogP contribution in [0.5, 0.6) is 0 Å². The molecule has 0 nitrogen and oxygen atoms in total. The predicted molar refractivity (Wildman–Crippen MR) is 98.7 cm³/mol. The van der Waals surface area contributed by atoms with E-state index in [2.05, 4.69) is 20.8 Å². The van der Waals surface area contributed by atoms with Gasteiger partial charge in [-0.25, -0.2) is 0 Å². The van der Waals surface area contributed by atoms with E-state index in [1.54, 1.807) is 0 Å². The lowest BCUT2D eigenvalue weighted by molar-refractivity contribution is 0.516. The average Bonchev–Trinajstić information content (AvgIpc) is 2.46. The van der Waals surface area contributed by atoms with Crippen LogP contribution < -0.4 is 0 Å². The molecule has 1 unspecified atom stereocenters. The third-order valence-corrected chi connectivity index (χ3v) is 4.55. The van der Waals surface area contributed by atoms with E-state index in [1.165, 1.54) is 109 Å². The number of hydrogen-bond acceptors (Lipinski definition) is 0. The number of rotatable bonds is 17. The minimum absolute atomic E-state index is 0.650. The summed E-state index contributed by atoms with van der Waals surface area (Å²) >= 11 is 0. The standard InChI is InChI=1S/C21H43/c1-4-5-6-7-8-9-10-11-12-13-14-15-16-17-18-19-20-21(2)3/h21H,2,4-20H2,1,3H3. The Balaban J connectivity index is 2.93.